The third-order valence-electron chi connectivity index (χ3n) is 7.27. The Morgan fingerprint density at radius 2 is 1.44 bits per heavy atom. The van der Waals surface area contributed by atoms with Crippen molar-refractivity contribution in [3.8, 4) is 16.9 Å². The number of rotatable bonds is 7. The molecule has 0 unspecified atom stereocenters. The highest BCUT2D eigenvalue weighted by molar-refractivity contribution is 5.65. The monoisotopic (exact) mass is 470 g/mol. The summed E-state index contributed by atoms with van der Waals surface area (Å²) < 4.78 is 62.9. The zero-order valence-corrected chi connectivity index (χ0v) is 19.6. The van der Waals surface area contributed by atoms with Crippen molar-refractivity contribution < 1.29 is 22.3 Å². The van der Waals surface area contributed by atoms with Gasteiger partial charge in [-0.15, -0.1) is 0 Å². The van der Waals surface area contributed by atoms with E-state index in [2.05, 4.69) is 6.92 Å². The van der Waals surface area contributed by atoms with Gasteiger partial charge in [-0.2, -0.15) is 4.39 Å². The molecule has 3 aromatic carbocycles. The Balaban J connectivity index is 1.46. The highest BCUT2D eigenvalue weighted by Gasteiger charge is 2.26. The second-order valence-electron chi connectivity index (χ2n) is 9.21. The van der Waals surface area contributed by atoms with Crippen molar-refractivity contribution in [1.82, 2.24) is 0 Å². The molecule has 1 aliphatic carbocycles. The maximum absolute atomic E-state index is 15.0. The first-order valence-corrected chi connectivity index (χ1v) is 12.0. The fraction of sp³-hybridized carbons (Fsp3) is 0.379. The highest BCUT2D eigenvalue weighted by Crippen LogP contribution is 2.39. The number of halogens is 4. The molecule has 0 amide bonds. The lowest BCUT2D eigenvalue weighted by molar-refractivity contribution is 0.312. The number of benzene rings is 3. The summed E-state index contributed by atoms with van der Waals surface area (Å²) in [5.74, 6) is -2.79. The Morgan fingerprint density at radius 1 is 0.735 bits per heavy atom. The average Bonchev–Trinajstić information content (AvgIpc) is 2.87. The molecule has 1 aliphatic rings. The minimum absolute atomic E-state index is 0.0805. The van der Waals surface area contributed by atoms with Crippen LogP contribution in [-0.2, 0) is 12.8 Å². The lowest BCUT2D eigenvalue weighted by Gasteiger charge is -2.28. The second kappa shape index (κ2) is 10.6. The maximum atomic E-state index is 15.0. The molecule has 34 heavy (non-hydrogen) atoms. The van der Waals surface area contributed by atoms with Crippen LogP contribution in [0.25, 0.3) is 11.1 Å². The van der Waals surface area contributed by atoms with E-state index in [1.165, 1.54) is 19.2 Å². The summed E-state index contributed by atoms with van der Waals surface area (Å²) in [4.78, 5) is 0. The third kappa shape index (κ3) is 4.98. The van der Waals surface area contributed by atoms with E-state index in [1.807, 2.05) is 12.1 Å². The van der Waals surface area contributed by atoms with E-state index in [9.17, 15) is 17.6 Å². The molecule has 0 aliphatic heterocycles. The van der Waals surface area contributed by atoms with Gasteiger partial charge in [0.1, 0.15) is 0 Å². The summed E-state index contributed by atoms with van der Waals surface area (Å²) in [6, 6.07) is 13.4. The van der Waals surface area contributed by atoms with Crippen LogP contribution in [0.4, 0.5) is 17.6 Å². The lowest BCUT2D eigenvalue weighted by atomic mass is 9.77. The van der Waals surface area contributed by atoms with Crippen LogP contribution < -0.4 is 4.74 Å². The first-order valence-electron chi connectivity index (χ1n) is 12.0. The van der Waals surface area contributed by atoms with Gasteiger partial charge in [-0.1, -0.05) is 55.8 Å². The normalized spacial score (nSPS) is 18.2. The second-order valence-corrected chi connectivity index (χ2v) is 9.21. The molecule has 0 bridgehead atoms. The van der Waals surface area contributed by atoms with Gasteiger partial charge in [-0.25, -0.2) is 13.2 Å². The van der Waals surface area contributed by atoms with Crippen molar-refractivity contribution in [3.63, 3.8) is 0 Å². The van der Waals surface area contributed by atoms with Crippen LogP contribution >= 0.6 is 0 Å². The predicted octanol–water partition coefficient (Wildman–Crippen LogP) is 8.39. The molecular weight excluding hydrogens is 440 g/mol. The van der Waals surface area contributed by atoms with Crippen LogP contribution in [0, 0.1) is 29.2 Å². The van der Waals surface area contributed by atoms with Crippen molar-refractivity contribution in [1.29, 1.82) is 0 Å². The maximum Gasteiger partial charge on any atom is 0.200 e. The molecule has 4 rings (SSSR count). The Labute approximate surface area is 198 Å². The summed E-state index contributed by atoms with van der Waals surface area (Å²) in [5, 5.41) is 0. The van der Waals surface area contributed by atoms with Gasteiger partial charge in [0.25, 0.3) is 0 Å². The molecule has 1 nitrogen and oxygen atoms in total. The summed E-state index contributed by atoms with van der Waals surface area (Å²) in [5.41, 5.74) is 2.46. The Morgan fingerprint density at radius 3 is 2.09 bits per heavy atom. The van der Waals surface area contributed by atoms with Crippen LogP contribution in [0.5, 0.6) is 5.75 Å². The molecular formula is C29H30F4O. The van der Waals surface area contributed by atoms with Crippen molar-refractivity contribution in [2.24, 2.45) is 5.92 Å². The van der Waals surface area contributed by atoms with E-state index < -0.39 is 23.3 Å². The molecule has 0 N–H and O–H groups in total. The van der Waals surface area contributed by atoms with E-state index in [-0.39, 0.29) is 22.8 Å². The third-order valence-corrected chi connectivity index (χ3v) is 7.27. The Bertz CT molecular complexity index is 1130. The minimum Gasteiger partial charge on any atom is -0.494 e. The Hall–Kier alpha value is -2.82. The van der Waals surface area contributed by atoms with Gasteiger partial charge in [0.2, 0.25) is 5.82 Å². The predicted molar refractivity (Wildman–Crippen MR) is 127 cm³/mol. The molecule has 3 aromatic rings. The molecule has 0 radical (unpaired) electrons. The van der Waals surface area contributed by atoms with Crippen LogP contribution in [0.2, 0.25) is 0 Å². The fourth-order valence-corrected chi connectivity index (χ4v) is 5.04. The fourth-order valence-electron chi connectivity index (χ4n) is 5.04. The average molecular weight is 471 g/mol. The van der Waals surface area contributed by atoms with Crippen LogP contribution in [0.15, 0.2) is 48.5 Å². The first kappa shape index (κ1) is 24.3. The number of methoxy groups -OCH3 is 1. The molecule has 0 spiro atoms. The largest absolute Gasteiger partial charge is 0.494 e. The molecule has 0 heterocycles. The molecule has 5 heteroatoms. The van der Waals surface area contributed by atoms with Crippen molar-refractivity contribution >= 4 is 0 Å². The summed E-state index contributed by atoms with van der Waals surface area (Å²) in [6.45, 7) is 2.18. The lowest BCUT2D eigenvalue weighted by Crippen LogP contribution is -2.14. The smallest absolute Gasteiger partial charge is 0.200 e. The van der Waals surface area contributed by atoms with Crippen molar-refractivity contribution in [3.05, 3.63) is 88.5 Å². The summed E-state index contributed by atoms with van der Waals surface area (Å²) >= 11 is 0. The molecule has 0 saturated heterocycles. The first-order chi connectivity index (χ1) is 16.4. The van der Waals surface area contributed by atoms with Crippen LogP contribution in [-0.4, -0.2) is 7.11 Å². The van der Waals surface area contributed by atoms with Crippen LogP contribution in [0.3, 0.4) is 0 Å². The summed E-state index contributed by atoms with van der Waals surface area (Å²) in [6.07, 6.45) is 5.88. The van der Waals surface area contributed by atoms with Gasteiger partial charge < -0.3 is 4.74 Å². The van der Waals surface area contributed by atoms with Gasteiger partial charge in [0, 0.05) is 5.56 Å². The van der Waals surface area contributed by atoms with Gasteiger partial charge >= 0.3 is 0 Å². The Kier molecular flexibility index (Phi) is 7.60. The zero-order chi connectivity index (χ0) is 24.2. The van der Waals surface area contributed by atoms with E-state index >= 15 is 0 Å². The molecule has 0 aromatic heterocycles. The quantitative estimate of drug-likeness (QED) is 0.315. The zero-order valence-electron chi connectivity index (χ0n) is 19.6. The van der Waals surface area contributed by atoms with E-state index in [1.54, 1.807) is 24.3 Å². The topological polar surface area (TPSA) is 9.23 Å². The molecule has 0 atom stereocenters. The van der Waals surface area contributed by atoms with Crippen molar-refractivity contribution in [2.75, 3.05) is 7.11 Å². The molecule has 180 valence electrons. The van der Waals surface area contributed by atoms with Gasteiger partial charge in [0.05, 0.1) is 7.11 Å². The molecule has 1 saturated carbocycles. The molecule has 1 fully saturated rings. The van der Waals surface area contributed by atoms with Gasteiger partial charge in [-0.05, 0) is 78.7 Å². The van der Waals surface area contributed by atoms with Crippen LogP contribution in [0.1, 0.15) is 61.6 Å². The number of hydrogen-bond donors (Lipinski definition) is 0. The number of ether oxygens (including phenoxy) is 1. The van der Waals surface area contributed by atoms with E-state index in [4.69, 9.17) is 4.74 Å². The minimum atomic E-state index is -0.991. The van der Waals surface area contributed by atoms with Gasteiger partial charge in [0.15, 0.2) is 23.2 Å². The highest BCUT2D eigenvalue weighted by atomic mass is 19.2. The van der Waals surface area contributed by atoms with E-state index in [0.717, 1.165) is 37.7 Å². The summed E-state index contributed by atoms with van der Waals surface area (Å²) in [7, 11) is 1.29. The van der Waals surface area contributed by atoms with Gasteiger partial charge in [-0.3, -0.25) is 0 Å². The SMILES string of the molecule is CCC1CCC(c2ccc(-c3ccc(CCc4ccc(OC)c(F)c4F)cc3)c(F)c2F)CC1. The van der Waals surface area contributed by atoms with E-state index in [0.29, 0.717) is 29.9 Å². The number of aryl methyl sites for hydroxylation is 2. The van der Waals surface area contributed by atoms with Crippen molar-refractivity contribution in [2.45, 2.75) is 57.8 Å². The number of hydrogen-bond acceptors (Lipinski definition) is 1. The standard InChI is InChI=1S/C29H30F4O/c1-3-18-4-9-20(10-5-18)23-15-16-24(28(32)27(23)31)21-11-6-19(7-12-21)8-13-22-14-17-25(34-2)29(33)26(22)30/h6-7,11-12,14-18,20H,3-5,8-10,13H2,1-2H3.